The fraction of sp³-hybridized carbons (Fsp3) is 0.217. The number of morpholine rings is 1. The van der Waals surface area contributed by atoms with E-state index in [9.17, 15) is 5.11 Å². The van der Waals surface area contributed by atoms with Crippen molar-refractivity contribution in [2.75, 3.05) is 31.6 Å². The topological polar surface area (TPSA) is 70.5 Å². The van der Waals surface area contributed by atoms with Crippen molar-refractivity contribution in [2.24, 2.45) is 0 Å². The number of hydrogen-bond donors (Lipinski definition) is 2. The molecule has 2 N–H and O–H groups in total. The number of benzene rings is 2. The Morgan fingerprint density at radius 1 is 1.03 bits per heavy atom. The Balaban J connectivity index is 1.38. The van der Waals surface area contributed by atoms with E-state index in [2.05, 4.69) is 50.5 Å². The molecular weight excluding hydrogens is 396 g/mol. The first-order chi connectivity index (χ1) is 14.7. The highest BCUT2D eigenvalue weighted by Crippen LogP contribution is 2.36. The number of phenolic OH excluding ortho intramolecular Hbond substituents is 1. The number of thiophene rings is 1. The summed E-state index contributed by atoms with van der Waals surface area (Å²) in [4.78, 5) is 12.4. The lowest BCUT2D eigenvalue weighted by molar-refractivity contribution is 0.0342. The van der Waals surface area contributed by atoms with Crippen LogP contribution in [0.25, 0.3) is 20.7 Å². The average Bonchev–Trinajstić information content (AvgIpc) is 3.21. The zero-order valence-corrected chi connectivity index (χ0v) is 17.2. The molecule has 3 heterocycles. The van der Waals surface area contributed by atoms with Crippen LogP contribution in [0.15, 0.2) is 60.9 Å². The number of anilines is 2. The van der Waals surface area contributed by atoms with Crippen molar-refractivity contribution < 1.29 is 9.84 Å². The van der Waals surface area contributed by atoms with Gasteiger partial charge in [0, 0.05) is 36.3 Å². The van der Waals surface area contributed by atoms with Crippen LogP contribution in [0.2, 0.25) is 0 Å². The van der Waals surface area contributed by atoms with Crippen LogP contribution in [-0.4, -0.2) is 46.3 Å². The Bertz CT molecular complexity index is 1150. The largest absolute Gasteiger partial charge is 0.508 e. The standard InChI is InChI=1S/C23H22N4O2S/c28-19-3-1-2-18(12-19)26-23-22-20(24-15-25-23)13-21(30-22)17-6-4-16(5-7-17)14-27-8-10-29-11-9-27/h1-7,12-13,15,28H,8-11,14H2,(H,24,25,26). The summed E-state index contributed by atoms with van der Waals surface area (Å²) in [6.45, 7) is 4.58. The molecule has 1 aliphatic rings. The van der Waals surface area contributed by atoms with Crippen molar-refractivity contribution in [2.45, 2.75) is 6.54 Å². The number of aromatic nitrogens is 2. The van der Waals surface area contributed by atoms with Crippen LogP contribution in [0.3, 0.4) is 0 Å². The van der Waals surface area contributed by atoms with Crippen molar-refractivity contribution in [3.05, 3.63) is 66.5 Å². The maximum absolute atomic E-state index is 9.70. The summed E-state index contributed by atoms with van der Waals surface area (Å²) < 4.78 is 6.42. The van der Waals surface area contributed by atoms with E-state index in [0.29, 0.717) is 0 Å². The number of fused-ring (bicyclic) bond motifs is 1. The Morgan fingerprint density at radius 2 is 1.87 bits per heavy atom. The summed E-state index contributed by atoms with van der Waals surface area (Å²) in [6.07, 6.45) is 1.56. The predicted molar refractivity (Wildman–Crippen MR) is 120 cm³/mol. The van der Waals surface area contributed by atoms with Crippen LogP contribution in [-0.2, 0) is 11.3 Å². The fourth-order valence-corrected chi connectivity index (χ4v) is 4.66. The van der Waals surface area contributed by atoms with Crippen molar-refractivity contribution in [1.29, 1.82) is 0 Å². The normalized spacial score (nSPS) is 14.8. The third kappa shape index (κ3) is 4.14. The van der Waals surface area contributed by atoms with Crippen LogP contribution in [0.1, 0.15) is 5.56 Å². The molecule has 0 atom stereocenters. The van der Waals surface area contributed by atoms with Gasteiger partial charge in [-0.25, -0.2) is 9.97 Å². The summed E-state index contributed by atoms with van der Waals surface area (Å²) in [6, 6.07) is 17.9. The third-order valence-corrected chi connectivity index (χ3v) is 6.35. The minimum absolute atomic E-state index is 0.217. The molecule has 0 unspecified atom stereocenters. The smallest absolute Gasteiger partial charge is 0.151 e. The summed E-state index contributed by atoms with van der Waals surface area (Å²) in [5.41, 5.74) is 4.18. The summed E-state index contributed by atoms with van der Waals surface area (Å²) >= 11 is 1.67. The van der Waals surface area contributed by atoms with Crippen molar-refractivity contribution in [3.8, 4) is 16.2 Å². The molecule has 1 fully saturated rings. The van der Waals surface area contributed by atoms with Crippen molar-refractivity contribution >= 4 is 33.1 Å². The van der Waals surface area contributed by atoms with E-state index in [0.717, 1.165) is 59.4 Å². The SMILES string of the molecule is Oc1cccc(Nc2ncnc3cc(-c4ccc(CN5CCOCC5)cc4)sc23)c1. The van der Waals surface area contributed by atoms with E-state index in [1.807, 2.05) is 6.07 Å². The molecule has 2 aromatic carbocycles. The van der Waals surface area contributed by atoms with Crippen LogP contribution in [0.5, 0.6) is 5.75 Å². The maximum Gasteiger partial charge on any atom is 0.151 e. The second kappa shape index (κ2) is 8.39. The number of nitrogens with zero attached hydrogens (tertiary/aromatic N) is 3. The molecule has 0 bridgehead atoms. The molecule has 152 valence electrons. The molecule has 30 heavy (non-hydrogen) atoms. The maximum atomic E-state index is 9.70. The predicted octanol–water partition coefficient (Wildman–Crippen LogP) is 4.64. The van der Waals surface area contributed by atoms with Gasteiger partial charge in [0.25, 0.3) is 0 Å². The second-order valence-electron chi connectivity index (χ2n) is 7.31. The van der Waals surface area contributed by atoms with E-state index in [-0.39, 0.29) is 5.75 Å². The first-order valence-corrected chi connectivity index (χ1v) is 10.8. The van der Waals surface area contributed by atoms with Crippen LogP contribution >= 0.6 is 11.3 Å². The number of phenols is 1. The first kappa shape index (κ1) is 19.0. The molecule has 0 amide bonds. The molecule has 0 saturated carbocycles. The molecule has 1 saturated heterocycles. The lowest BCUT2D eigenvalue weighted by atomic mass is 10.1. The molecule has 0 aliphatic carbocycles. The number of aromatic hydroxyl groups is 1. The van der Waals surface area contributed by atoms with Crippen molar-refractivity contribution in [1.82, 2.24) is 14.9 Å². The number of nitrogens with one attached hydrogen (secondary N) is 1. The van der Waals surface area contributed by atoms with Gasteiger partial charge >= 0.3 is 0 Å². The number of hydrogen-bond acceptors (Lipinski definition) is 7. The Labute approximate surface area is 178 Å². The van der Waals surface area contributed by atoms with Gasteiger partial charge in [0.1, 0.15) is 12.1 Å². The minimum atomic E-state index is 0.217. The van der Waals surface area contributed by atoms with Gasteiger partial charge < -0.3 is 15.2 Å². The highest BCUT2D eigenvalue weighted by Gasteiger charge is 2.13. The number of ether oxygens (including phenoxy) is 1. The summed E-state index contributed by atoms with van der Waals surface area (Å²) in [5.74, 6) is 0.958. The van der Waals surface area contributed by atoms with E-state index in [4.69, 9.17) is 4.74 Å². The van der Waals surface area contributed by atoms with Gasteiger partial charge in [-0.3, -0.25) is 4.90 Å². The highest BCUT2D eigenvalue weighted by molar-refractivity contribution is 7.22. The third-order valence-electron chi connectivity index (χ3n) is 5.17. The van der Waals surface area contributed by atoms with Crippen LogP contribution in [0, 0.1) is 0 Å². The molecule has 1 aliphatic heterocycles. The Hall–Kier alpha value is -3.00. The molecule has 5 rings (SSSR count). The van der Waals surface area contributed by atoms with Gasteiger partial charge in [-0.05, 0) is 29.3 Å². The molecule has 2 aromatic heterocycles. The zero-order chi connectivity index (χ0) is 20.3. The van der Waals surface area contributed by atoms with Crippen LogP contribution in [0.4, 0.5) is 11.5 Å². The summed E-state index contributed by atoms with van der Waals surface area (Å²) in [7, 11) is 0. The van der Waals surface area contributed by atoms with Gasteiger partial charge in [-0.2, -0.15) is 0 Å². The molecule has 4 aromatic rings. The molecular formula is C23H22N4O2S. The number of rotatable bonds is 5. The van der Waals surface area contributed by atoms with Crippen LogP contribution < -0.4 is 5.32 Å². The zero-order valence-electron chi connectivity index (χ0n) is 16.4. The first-order valence-electron chi connectivity index (χ1n) is 9.95. The molecule has 7 heteroatoms. The quantitative estimate of drug-likeness (QED) is 0.492. The van der Waals surface area contributed by atoms with Gasteiger partial charge in [0.05, 0.1) is 23.4 Å². The molecule has 0 spiro atoms. The van der Waals surface area contributed by atoms with Gasteiger partial charge in [0.2, 0.25) is 0 Å². The van der Waals surface area contributed by atoms with Gasteiger partial charge in [-0.15, -0.1) is 11.3 Å². The van der Waals surface area contributed by atoms with E-state index < -0.39 is 0 Å². The Morgan fingerprint density at radius 3 is 2.67 bits per heavy atom. The minimum Gasteiger partial charge on any atom is -0.508 e. The average molecular weight is 419 g/mol. The second-order valence-corrected chi connectivity index (χ2v) is 8.36. The van der Waals surface area contributed by atoms with Gasteiger partial charge in [-0.1, -0.05) is 30.3 Å². The summed E-state index contributed by atoms with van der Waals surface area (Å²) in [5, 5.41) is 13.0. The lowest BCUT2D eigenvalue weighted by Crippen LogP contribution is -2.35. The van der Waals surface area contributed by atoms with Crippen molar-refractivity contribution in [3.63, 3.8) is 0 Å². The van der Waals surface area contributed by atoms with E-state index in [1.54, 1.807) is 35.9 Å². The molecule has 0 radical (unpaired) electrons. The lowest BCUT2D eigenvalue weighted by Gasteiger charge is -2.26. The molecule has 6 nitrogen and oxygen atoms in total. The van der Waals surface area contributed by atoms with E-state index in [1.165, 1.54) is 11.1 Å². The fourth-order valence-electron chi connectivity index (χ4n) is 3.60. The van der Waals surface area contributed by atoms with Gasteiger partial charge in [0.15, 0.2) is 5.82 Å². The Kier molecular flexibility index (Phi) is 5.31. The van der Waals surface area contributed by atoms with E-state index >= 15 is 0 Å². The highest BCUT2D eigenvalue weighted by atomic mass is 32.1. The monoisotopic (exact) mass is 418 g/mol.